The molecule has 1 aromatic rings. The molecular weight excluding hydrogens is 337 g/mol. The Balaban J connectivity index is 2.37. The number of carbonyl (C=O) groups excluding carboxylic acids is 1. The quantitative estimate of drug-likeness (QED) is 0.784. The van der Waals surface area contributed by atoms with Crippen LogP contribution in [0.5, 0.6) is 0 Å². The van der Waals surface area contributed by atoms with Gasteiger partial charge in [-0.15, -0.1) is 0 Å². The largest absolute Gasteiger partial charge is 0.380 e. The van der Waals surface area contributed by atoms with Crippen molar-refractivity contribution < 1.29 is 17.9 Å². The maximum atomic E-state index is 12.4. The normalized spacial score (nSPS) is 19.0. The Morgan fingerprint density at radius 3 is 2.62 bits per heavy atom. The highest BCUT2D eigenvalue weighted by molar-refractivity contribution is 8.13. The zero-order valence-electron chi connectivity index (χ0n) is 11.6. The Morgan fingerprint density at radius 2 is 2.10 bits per heavy atom. The van der Waals surface area contributed by atoms with Gasteiger partial charge in [0, 0.05) is 41.5 Å². The molecule has 116 valence electrons. The molecule has 0 spiro atoms. The summed E-state index contributed by atoms with van der Waals surface area (Å²) in [4.78, 5) is 13.9. The van der Waals surface area contributed by atoms with E-state index in [1.807, 2.05) is 0 Å². The number of amides is 1. The zero-order chi connectivity index (χ0) is 15.8. The molecule has 1 aliphatic rings. The van der Waals surface area contributed by atoms with E-state index in [0.717, 1.165) is 6.42 Å². The van der Waals surface area contributed by atoms with E-state index in [-0.39, 0.29) is 27.5 Å². The summed E-state index contributed by atoms with van der Waals surface area (Å²) in [6.45, 7) is 2.58. The summed E-state index contributed by atoms with van der Waals surface area (Å²) in [7, 11) is 3.02. The molecule has 1 saturated heterocycles. The van der Waals surface area contributed by atoms with E-state index in [1.165, 1.54) is 12.1 Å². The van der Waals surface area contributed by atoms with Crippen molar-refractivity contribution in [3.63, 3.8) is 0 Å². The highest BCUT2D eigenvalue weighted by atomic mass is 35.7. The molecule has 8 heteroatoms. The van der Waals surface area contributed by atoms with Gasteiger partial charge in [-0.1, -0.05) is 11.6 Å². The molecule has 1 aliphatic heterocycles. The fourth-order valence-electron chi connectivity index (χ4n) is 2.32. The smallest absolute Gasteiger partial charge is 0.261 e. The standard InChI is InChI=1S/C13H15Cl2NO4S/c1-8-11(14)5-9(6-12(8)21(15,18)19)13(17)16-4-3-10(7-16)20-2/h5-6,10H,3-4,7H2,1-2H3. The molecule has 0 saturated carbocycles. The van der Waals surface area contributed by atoms with Crippen LogP contribution < -0.4 is 0 Å². The van der Waals surface area contributed by atoms with Crippen molar-refractivity contribution in [1.29, 1.82) is 0 Å². The highest BCUT2D eigenvalue weighted by Gasteiger charge is 2.28. The Kier molecular flexibility index (Phi) is 4.82. The highest BCUT2D eigenvalue weighted by Crippen LogP contribution is 2.29. The minimum absolute atomic E-state index is 0.00565. The first-order valence-electron chi connectivity index (χ1n) is 6.31. The zero-order valence-corrected chi connectivity index (χ0v) is 13.9. The summed E-state index contributed by atoms with van der Waals surface area (Å²) in [6.07, 6.45) is 0.758. The topological polar surface area (TPSA) is 63.7 Å². The van der Waals surface area contributed by atoms with Crippen LogP contribution in [0.15, 0.2) is 17.0 Å². The van der Waals surface area contributed by atoms with Crippen LogP contribution in [-0.2, 0) is 13.8 Å². The minimum atomic E-state index is -3.96. The third kappa shape index (κ3) is 3.51. The fourth-order valence-corrected chi connectivity index (χ4v) is 3.82. The fraction of sp³-hybridized carbons (Fsp3) is 0.462. The monoisotopic (exact) mass is 351 g/mol. The number of hydrogen-bond donors (Lipinski definition) is 0. The van der Waals surface area contributed by atoms with E-state index in [9.17, 15) is 13.2 Å². The molecule has 0 aromatic heterocycles. The predicted molar refractivity (Wildman–Crippen MR) is 80.5 cm³/mol. The molecule has 1 unspecified atom stereocenters. The van der Waals surface area contributed by atoms with Crippen LogP contribution in [0.3, 0.4) is 0 Å². The van der Waals surface area contributed by atoms with Crippen LogP contribution in [0.4, 0.5) is 0 Å². The molecule has 1 aromatic carbocycles. The summed E-state index contributed by atoms with van der Waals surface area (Å²) in [5, 5.41) is 0.197. The van der Waals surface area contributed by atoms with Gasteiger partial charge in [0.1, 0.15) is 0 Å². The van der Waals surface area contributed by atoms with Crippen LogP contribution in [0, 0.1) is 6.92 Å². The van der Waals surface area contributed by atoms with Gasteiger partial charge < -0.3 is 9.64 Å². The van der Waals surface area contributed by atoms with Gasteiger partial charge in [-0.05, 0) is 31.0 Å². The van der Waals surface area contributed by atoms with Gasteiger partial charge in [-0.25, -0.2) is 8.42 Å². The second-order valence-electron chi connectivity index (χ2n) is 4.92. The maximum Gasteiger partial charge on any atom is 0.261 e. The number of likely N-dealkylation sites (tertiary alicyclic amines) is 1. The van der Waals surface area contributed by atoms with Gasteiger partial charge in [0.15, 0.2) is 0 Å². The minimum Gasteiger partial charge on any atom is -0.380 e. The van der Waals surface area contributed by atoms with E-state index in [1.54, 1.807) is 18.9 Å². The Hall–Kier alpha value is -0.820. The second kappa shape index (κ2) is 6.12. The number of halogens is 2. The van der Waals surface area contributed by atoms with Gasteiger partial charge in [0.05, 0.1) is 11.0 Å². The molecule has 1 heterocycles. The Labute approximate surface area is 133 Å². The van der Waals surface area contributed by atoms with Crippen LogP contribution >= 0.6 is 22.3 Å². The third-order valence-electron chi connectivity index (χ3n) is 3.57. The van der Waals surface area contributed by atoms with E-state index in [0.29, 0.717) is 18.7 Å². The molecule has 0 aliphatic carbocycles. The van der Waals surface area contributed by atoms with Crippen molar-refractivity contribution in [3.8, 4) is 0 Å². The van der Waals surface area contributed by atoms with Crippen molar-refractivity contribution in [2.45, 2.75) is 24.3 Å². The molecular formula is C13H15Cl2NO4S. The number of benzene rings is 1. The van der Waals surface area contributed by atoms with E-state index < -0.39 is 9.05 Å². The van der Waals surface area contributed by atoms with E-state index in [4.69, 9.17) is 27.0 Å². The van der Waals surface area contributed by atoms with Crippen LogP contribution in [0.2, 0.25) is 5.02 Å². The first-order chi connectivity index (χ1) is 9.74. The lowest BCUT2D eigenvalue weighted by Gasteiger charge is -2.17. The number of ether oxygens (including phenoxy) is 1. The van der Waals surface area contributed by atoms with Crippen LogP contribution in [0.1, 0.15) is 22.3 Å². The van der Waals surface area contributed by atoms with E-state index >= 15 is 0 Å². The van der Waals surface area contributed by atoms with Crippen molar-refractivity contribution in [2.75, 3.05) is 20.2 Å². The Morgan fingerprint density at radius 1 is 1.43 bits per heavy atom. The molecule has 1 atom stereocenters. The summed E-state index contributed by atoms with van der Waals surface area (Å²) in [5.41, 5.74) is 0.543. The molecule has 5 nitrogen and oxygen atoms in total. The maximum absolute atomic E-state index is 12.4. The molecule has 0 N–H and O–H groups in total. The molecule has 0 radical (unpaired) electrons. The SMILES string of the molecule is COC1CCN(C(=O)c2cc(Cl)c(C)c(S(=O)(=O)Cl)c2)C1. The molecule has 0 bridgehead atoms. The van der Waals surface area contributed by atoms with Crippen molar-refractivity contribution >= 4 is 37.2 Å². The van der Waals surface area contributed by atoms with E-state index in [2.05, 4.69) is 0 Å². The summed E-state index contributed by atoms with van der Waals surface area (Å²) in [5.74, 6) is -0.280. The van der Waals surface area contributed by atoms with Gasteiger partial charge in [-0.2, -0.15) is 0 Å². The van der Waals surface area contributed by atoms with Crippen molar-refractivity contribution in [1.82, 2.24) is 4.90 Å². The average molecular weight is 352 g/mol. The second-order valence-corrected chi connectivity index (χ2v) is 7.86. The summed E-state index contributed by atoms with van der Waals surface area (Å²) < 4.78 is 28.3. The number of rotatable bonds is 3. The first kappa shape index (κ1) is 16.5. The molecule has 21 heavy (non-hydrogen) atoms. The summed E-state index contributed by atoms with van der Waals surface area (Å²) >= 11 is 6.01. The average Bonchev–Trinajstić information content (AvgIpc) is 2.88. The van der Waals surface area contributed by atoms with Crippen LogP contribution in [-0.4, -0.2) is 45.5 Å². The predicted octanol–water partition coefficient (Wildman–Crippen LogP) is 2.44. The molecule has 1 fully saturated rings. The molecule has 2 rings (SSSR count). The lowest BCUT2D eigenvalue weighted by Crippen LogP contribution is -2.30. The summed E-state index contributed by atoms with van der Waals surface area (Å²) in [6, 6.07) is 2.73. The number of nitrogens with zero attached hydrogens (tertiary/aromatic N) is 1. The van der Waals surface area contributed by atoms with Crippen molar-refractivity contribution in [3.05, 3.63) is 28.3 Å². The van der Waals surface area contributed by atoms with Crippen LogP contribution in [0.25, 0.3) is 0 Å². The lowest BCUT2D eigenvalue weighted by atomic mass is 10.1. The number of carbonyl (C=O) groups is 1. The number of hydrogen-bond acceptors (Lipinski definition) is 4. The first-order valence-corrected chi connectivity index (χ1v) is 8.99. The van der Waals surface area contributed by atoms with Gasteiger partial charge in [-0.3, -0.25) is 4.79 Å². The third-order valence-corrected chi connectivity index (χ3v) is 5.41. The van der Waals surface area contributed by atoms with Crippen molar-refractivity contribution in [2.24, 2.45) is 0 Å². The lowest BCUT2D eigenvalue weighted by molar-refractivity contribution is 0.0724. The molecule has 1 amide bonds. The van der Waals surface area contributed by atoms with Gasteiger partial charge in [0.25, 0.3) is 15.0 Å². The van der Waals surface area contributed by atoms with Gasteiger partial charge in [0.2, 0.25) is 0 Å². The Bertz CT molecular complexity index is 675. The van der Waals surface area contributed by atoms with Gasteiger partial charge >= 0.3 is 0 Å². The number of methoxy groups -OCH3 is 1.